The summed E-state index contributed by atoms with van der Waals surface area (Å²) in [5, 5.41) is 17.1. The van der Waals surface area contributed by atoms with Crippen LogP contribution in [0.5, 0.6) is 0 Å². The van der Waals surface area contributed by atoms with Crippen molar-refractivity contribution in [3.05, 3.63) is 88.2 Å². The highest BCUT2D eigenvalue weighted by atomic mass is 32.1. The zero-order valence-corrected chi connectivity index (χ0v) is 36.5. The molecule has 2 saturated heterocycles. The highest BCUT2D eigenvalue weighted by Gasteiger charge is 2.52. The second-order valence-corrected chi connectivity index (χ2v) is 20.1. The SMILES string of the molecule is C=C1c2cccc(N(C)CCC3CC4(C3)CN(CC3CCC(c5nc6cc(C(C)(C)O)c(NC(=O)c7cccc(C(F)(F)F)n7)cc6s5)CC3)C4)c2C(=O)N1C1CCC(=O)NC1=O. The topological polar surface area (TPSA) is 148 Å². The molecule has 2 aliphatic carbocycles. The van der Waals surface area contributed by atoms with E-state index >= 15 is 0 Å². The highest BCUT2D eigenvalue weighted by molar-refractivity contribution is 7.18. The number of thiazole rings is 1. The predicted molar refractivity (Wildman–Crippen MR) is 234 cm³/mol. The molecule has 63 heavy (non-hydrogen) atoms. The maximum atomic E-state index is 13.7. The van der Waals surface area contributed by atoms with Crippen LogP contribution in [0.25, 0.3) is 15.9 Å². The summed E-state index contributed by atoms with van der Waals surface area (Å²) in [4.78, 5) is 66.0. The Balaban J connectivity index is 0.743. The van der Waals surface area contributed by atoms with Gasteiger partial charge in [-0.1, -0.05) is 24.8 Å². The zero-order valence-electron chi connectivity index (χ0n) is 35.7. The Bertz CT molecular complexity index is 2510. The number of likely N-dealkylation sites (tertiary alicyclic amines) is 1. The first-order chi connectivity index (χ1) is 29.9. The minimum atomic E-state index is -4.69. The van der Waals surface area contributed by atoms with Crippen LogP contribution in [-0.4, -0.2) is 87.8 Å². The van der Waals surface area contributed by atoms with Crippen LogP contribution in [0.2, 0.25) is 0 Å². The molecule has 16 heteroatoms. The third-order valence-corrected chi connectivity index (χ3v) is 15.1. The van der Waals surface area contributed by atoms with Crippen LogP contribution in [0.4, 0.5) is 24.5 Å². The van der Waals surface area contributed by atoms with Crippen molar-refractivity contribution in [2.45, 2.75) is 95.4 Å². The Morgan fingerprint density at radius 1 is 1.02 bits per heavy atom. The number of carbonyl (C=O) groups is 4. The molecule has 4 aromatic rings. The van der Waals surface area contributed by atoms with Gasteiger partial charge in [0.05, 0.1) is 26.4 Å². The van der Waals surface area contributed by atoms with Gasteiger partial charge in [-0.05, 0) is 113 Å². The fraction of sp³-hybridized carbons (Fsp3) is 0.489. The van der Waals surface area contributed by atoms with Crippen LogP contribution in [-0.2, 0) is 21.4 Å². The molecule has 5 aliphatic rings. The number of carbonyl (C=O) groups excluding carboxylic acids is 4. The fourth-order valence-electron chi connectivity index (χ4n) is 10.7. The minimum Gasteiger partial charge on any atom is -0.386 e. The van der Waals surface area contributed by atoms with Gasteiger partial charge in [0, 0.05) is 73.8 Å². The van der Waals surface area contributed by atoms with Crippen molar-refractivity contribution in [1.29, 1.82) is 0 Å². The number of fused-ring (bicyclic) bond motifs is 2. The number of nitrogens with zero attached hydrogens (tertiary/aromatic N) is 5. The van der Waals surface area contributed by atoms with Gasteiger partial charge in [-0.3, -0.25) is 29.4 Å². The fourth-order valence-corrected chi connectivity index (χ4v) is 11.9. The second kappa shape index (κ2) is 16.1. The Morgan fingerprint density at radius 3 is 2.44 bits per heavy atom. The highest BCUT2D eigenvalue weighted by Crippen LogP contribution is 2.54. The molecule has 9 rings (SSSR count). The standard InChI is InChI=1S/C47H52F3N7O5S/c1-26-30-7-5-9-35(40(30)44(61)57(26)36-15-16-39(58)54-42(36)60)55(4)18-17-28-21-46(22-28)24-56(25-46)23-27-11-13-29(14-12-27)43-53-34-19-31(45(2,3)62)33(20-37(34)63-43)52-41(59)32-8-6-10-38(51-32)47(48,49)50/h5-10,19-20,27-29,36,62H,1,11-18,21-25H2,2-4H3,(H,52,59)(H,54,58,60). The van der Waals surface area contributed by atoms with Gasteiger partial charge in [0.25, 0.3) is 11.8 Å². The summed E-state index contributed by atoms with van der Waals surface area (Å²) in [5.41, 5.74) is 1.59. The number of pyridine rings is 1. The number of hydrogen-bond donors (Lipinski definition) is 3. The van der Waals surface area contributed by atoms with E-state index < -0.39 is 35.3 Å². The Hall–Kier alpha value is -5.19. The van der Waals surface area contributed by atoms with Gasteiger partial charge in [0.1, 0.15) is 17.4 Å². The first-order valence-corrected chi connectivity index (χ1v) is 22.6. The van der Waals surface area contributed by atoms with Crippen LogP contribution < -0.4 is 15.5 Å². The summed E-state index contributed by atoms with van der Waals surface area (Å²) in [7, 11) is 2.02. The third kappa shape index (κ3) is 8.37. The van der Waals surface area contributed by atoms with Crippen molar-refractivity contribution in [2.75, 3.05) is 43.4 Å². The van der Waals surface area contributed by atoms with Crippen molar-refractivity contribution in [1.82, 2.24) is 25.1 Å². The average Bonchev–Trinajstić information content (AvgIpc) is 3.74. The molecule has 5 heterocycles. The zero-order chi connectivity index (χ0) is 44.6. The summed E-state index contributed by atoms with van der Waals surface area (Å²) >= 11 is 1.56. The maximum absolute atomic E-state index is 13.7. The molecule has 1 spiro atoms. The second-order valence-electron chi connectivity index (χ2n) is 19.0. The van der Waals surface area contributed by atoms with Crippen LogP contribution in [0.1, 0.15) is 120 Å². The number of piperidine rings is 1. The van der Waals surface area contributed by atoms with E-state index in [0.717, 1.165) is 91.4 Å². The number of amides is 4. The quantitative estimate of drug-likeness (QED) is 0.128. The summed E-state index contributed by atoms with van der Waals surface area (Å²) in [5.74, 6) is -0.245. The van der Waals surface area contributed by atoms with E-state index in [9.17, 15) is 37.5 Å². The van der Waals surface area contributed by atoms with Gasteiger partial charge in [-0.2, -0.15) is 13.2 Å². The smallest absolute Gasteiger partial charge is 0.386 e. The number of benzene rings is 2. The van der Waals surface area contributed by atoms with Gasteiger partial charge in [-0.15, -0.1) is 11.3 Å². The third-order valence-electron chi connectivity index (χ3n) is 13.9. The summed E-state index contributed by atoms with van der Waals surface area (Å²) in [6, 6.07) is 11.7. The number of alkyl halides is 3. The largest absolute Gasteiger partial charge is 0.433 e. The van der Waals surface area contributed by atoms with Gasteiger partial charge in [-0.25, -0.2) is 9.97 Å². The Labute approximate surface area is 367 Å². The number of aromatic nitrogens is 2. The number of imide groups is 1. The van der Waals surface area contributed by atoms with E-state index in [-0.39, 0.29) is 30.3 Å². The minimum absolute atomic E-state index is 0.189. The molecule has 0 bridgehead atoms. The lowest BCUT2D eigenvalue weighted by Gasteiger charge is -2.60. The predicted octanol–water partition coefficient (Wildman–Crippen LogP) is 7.93. The molecule has 2 aromatic heterocycles. The summed E-state index contributed by atoms with van der Waals surface area (Å²) in [6.07, 6.45) is 3.55. The molecule has 3 N–H and O–H groups in total. The normalized spacial score (nSPS) is 22.8. The van der Waals surface area contributed by atoms with E-state index in [0.29, 0.717) is 51.2 Å². The molecule has 2 saturated carbocycles. The van der Waals surface area contributed by atoms with E-state index in [4.69, 9.17) is 4.98 Å². The molecule has 4 fully saturated rings. The van der Waals surface area contributed by atoms with Crippen LogP contribution >= 0.6 is 11.3 Å². The van der Waals surface area contributed by atoms with Crippen molar-refractivity contribution < 1.29 is 37.5 Å². The van der Waals surface area contributed by atoms with Gasteiger partial charge in [0.2, 0.25) is 11.8 Å². The van der Waals surface area contributed by atoms with Gasteiger partial charge in [0.15, 0.2) is 0 Å². The maximum Gasteiger partial charge on any atom is 0.433 e. The molecule has 332 valence electrons. The number of nitrogens with one attached hydrogen (secondary N) is 2. The van der Waals surface area contributed by atoms with Crippen molar-refractivity contribution in [3.8, 4) is 0 Å². The summed E-state index contributed by atoms with van der Waals surface area (Å²) in [6.45, 7) is 11.5. The van der Waals surface area contributed by atoms with Crippen LogP contribution in [0.3, 0.4) is 0 Å². The molecule has 0 radical (unpaired) electrons. The Morgan fingerprint density at radius 2 is 1.75 bits per heavy atom. The van der Waals surface area contributed by atoms with E-state index in [1.54, 1.807) is 37.3 Å². The van der Waals surface area contributed by atoms with E-state index in [2.05, 4.69) is 32.0 Å². The van der Waals surface area contributed by atoms with Crippen molar-refractivity contribution >= 4 is 62.3 Å². The number of anilines is 2. The lowest BCUT2D eigenvalue weighted by Crippen LogP contribution is -2.63. The molecular weight excluding hydrogens is 832 g/mol. The summed E-state index contributed by atoms with van der Waals surface area (Å²) < 4.78 is 40.6. The van der Waals surface area contributed by atoms with E-state index in [1.807, 2.05) is 25.2 Å². The molecule has 3 aliphatic heterocycles. The lowest BCUT2D eigenvalue weighted by atomic mass is 9.57. The van der Waals surface area contributed by atoms with Crippen molar-refractivity contribution in [2.24, 2.45) is 17.3 Å². The first kappa shape index (κ1) is 43.1. The lowest BCUT2D eigenvalue weighted by molar-refractivity contribution is -0.141. The molecule has 12 nitrogen and oxygen atoms in total. The number of aliphatic hydroxyl groups is 1. The van der Waals surface area contributed by atoms with E-state index in [1.165, 1.54) is 23.8 Å². The molecule has 2 aromatic carbocycles. The molecule has 4 amide bonds. The number of hydrogen-bond acceptors (Lipinski definition) is 10. The Kier molecular flexibility index (Phi) is 11.0. The van der Waals surface area contributed by atoms with Crippen molar-refractivity contribution in [3.63, 3.8) is 0 Å². The first-order valence-electron chi connectivity index (χ1n) is 21.8. The van der Waals surface area contributed by atoms with Crippen LogP contribution in [0, 0.1) is 17.3 Å². The molecular formula is C47H52F3N7O5S. The monoisotopic (exact) mass is 883 g/mol. The number of halogens is 3. The molecule has 1 atom stereocenters. The van der Waals surface area contributed by atoms with Gasteiger partial charge >= 0.3 is 6.18 Å². The van der Waals surface area contributed by atoms with Crippen LogP contribution in [0.15, 0.2) is 55.1 Å². The van der Waals surface area contributed by atoms with Gasteiger partial charge < -0.3 is 20.2 Å². The molecule has 1 unspecified atom stereocenters. The average molecular weight is 884 g/mol. The number of rotatable bonds is 11.